The molecule has 0 unspecified atom stereocenters. The number of hydrogen-bond acceptors (Lipinski definition) is 4. The van der Waals surface area contributed by atoms with E-state index in [1.54, 1.807) is 12.1 Å². The van der Waals surface area contributed by atoms with Gasteiger partial charge >= 0.3 is 5.97 Å². The Hall–Kier alpha value is -1.91. The molecule has 0 spiro atoms. The van der Waals surface area contributed by atoms with Gasteiger partial charge in [0.1, 0.15) is 5.75 Å². The number of aliphatic carboxylic acids is 1. The van der Waals surface area contributed by atoms with E-state index in [1.807, 2.05) is 0 Å². The summed E-state index contributed by atoms with van der Waals surface area (Å²) in [4.78, 5) is 10.3. The van der Waals surface area contributed by atoms with Crippen molar-refractivity contribution in [1.29, 1.82) is 0 Å². The van der Waals surface area contributed by atoms with Gasteiger partial charge in [-0.05, 0) is 18.6 Å². The summed E-state index contributed by atoms with van der Waals surface area (Å²) in [5, 5.41) is 17.5. The van der Waals surface area contributed by atoms with E-state index in [0.29, 0.717) is 17.9 Å². The lowest BCUT2D eigenvalue weighted by Crippen LogP contribution is -1.93. The van der Waals surface area contributed by atoms with Crippen LogP contribution in [0.25, 0.3) is 0 Å². The number of hydrogen-bond donors (Lipinski definition) is 2. The predicted octanol–water partition coefficient (Wildman–Crippen LogP) is 6.67. The van der Waals surface area contributed by atoms with Gasteiger partial charge in [-0.3, -0.25) is 4.79 Å². The molecule has 5 heteroatoms. The van der Waals surface area contributed by atoms with E-state index in [-0.39, 0.29) is 12.5 Å². The minimum absolute atomic E-state index is 0.198. The van der Waals surface area contributed by atoms with Crippen molar-refractivity contribution in [2.75, 3.05) is 6.79 Å². The molecule has 0 atom stereocenters. The van der Waals surface area contributed by atoms with Crippen molar-refractivity contribution >= 4 is 5.97 Å². The number of carbonyl (C=O) groups is 1. The molecule has 0 amide bonds. The second-order valence-electron chi connectivity index (χ2n) is 7.42. The van der Waals surface area contributed by atoms with Gasteiger partial charge in [0.15, 0.2) is 11.5 Å². The van der Waals surface area contributed by atoms with Crippen molar-refractivity contribution in [2.24, 2.45) is 0 Å². The molecule has 0 radical (unpaired) electrons. The van der Waals surface area contributed by atoms with Crippen molar-refractivity contribution in [3.8, 4) is 17.2 Å². The molecule has 0 aromatic heterocycles. The standard InChI is InChI=1S/C16H32O2.C7H6O3/c1-2-3-4-5-6-7-8-9-10-11-12-13-14-15-16(17)18;8-5-1-2-6-7(3-5)10-4-9-6/h2-15H2,1H3,(H,17,18);1-3,8H,4H2. The van der Waals surface area contributed by atoms with Gasteiger partial charge in [-0.25, -0.2) is 0 Å². The van der Waals surface area contributed by atoms with Crippen LogP contribution in [0.3, 0.4) is 0 Å². The monoisotopic (exact) mass is 394 g/mol. The second-order valence-corrected chi connectivity index (χ2v) is 7.42. The molecule has 1 aliphatic heterocycles. The summed E-state index contributed by atoms with van der Waals surface area (Å²) in [6.45, 7) is 2.51. The number of rotatable bonds is 14. The Bertz CT molecular complexity index is 530. The van der Waals surface area contributed by atoms with Crippen LogP contribution in [0, 0.1) is 0 Å². The van der Waals surface area contributed by atoms with Crippen LogP contribution in [0.2, 0.25) is 0 Å². The number of phenolic OH excluding ortho intramolecular Hbond substituents is 1. The number of phenols is 1. The van der Waals surface area contributed by atoms with Crippen molar-refractivity contribution in [3.63, 3.8) is 0 Å². The summed E-state index contributed by atoms with van der Waals surface area (Å²) in [7, 11) is 0. The van der Waals surface area contributed by atoms with Gasteiger partial charge in [0.05, 0.1) is 0 Å². The fraction of sp³-hybridized carbons (Fsp3) is 0.696. The maximum absolute atomic E-state index is 10.3. The zero-order valence-electron chi connectivity index (χ0n) is 17.5. The molecule has 1 aromatic rings. The van der Waals surface area contributed by atoms with E-state index in [1.165, 1.54) is 76.7 Å². The highest BCUT2D eigenvalue weighted by atomic mass is 16.7. The molecule has 2 rings (SSSR count). The summed E-state index contributed by atoms with van der Waals surface area (Å²) >= 11 is 0. The van der Waals surface area contributed by atoms with Crippen molar-refractivity contribution in [2.45, 2.75) is 96.8 Å². The zero-order valence-corrected chi connectivity index (χ0v) is 17.5. The van der Waals surface area contributed by atoms with Gasteiger partial charge in [-0.2, -0.15) is 0 Å². The Morgan fingerprint density at radius 3 is 1.86 bits per heavy atom. The average Bonchev–Trinajstić information content (AvgIpc) is 3.13. The van der Waals surface area contributed by atoms with Crippen LogP contribution in [-0.2, 0) is 4.79 Å². The maximum Gasteiger partial charge on any atom is 0.303 e. The van der Waals surface area contributed by atoms with Gasteiger partial charge < -0.3 is 19.7 Å². The van der Waals surface area contributed by atoms with Crippen LogP contribution in [-0.4, -0.2) is 23.0 Å². The Labute approximate surface area is 170 Å². The fourth-order valence-corrected chi connectivity index (χ4v) is 3.18. The highest BCUT2D eigenvalue weighted by molar-refractivity contribution is 5.66. The zero-order chi connectivity index (χ0) is 20.5. The number of carboxylic acid groups (broad SMARTS) is 1. The Balaban J connectivity index is 0.000000324. The molecule has 0 saturated heterocycles. The minimum atomic E-state index is -0.655. The summed E-state index contributed by atoms with van der Waals surface area (Å²) < 4.78 is 10.0. The summed E-state index contributed by atoms with van der Waals surface area (Å²) in [6.07, 6.45) is 17.3. The van der Waals surface area contributed by atoms with Gasteiger partial charge in [0.2, 0.25) is 6.79 Å². The third-order valence-corrected chi connectivity index (χ3v) is 4.85. The lowest BCUT2D eigenvalue weighted by Gasteiger charge is -2.02. The molecule has 0 bridgehead atoms. The number of unbranched alkanes of at least 4 members (excludes halogenated alkanes) is 12. The third kappa shape index (κ3) is 12.5. The molecule has 28 heavy (non-hydrogen) atoms. The van der Waals surface area contributed by atoms with Gasteiger partial charge in [-0.15, -0.1) is 0 Å². The van der Waals surface area contributed by atoms with Gasteiger partial charge in [0, 0.05) is 12.5 Å². The fourth-order valence-electron chi connectivity index (χ4n) is 3.18. The van der Waals surface area contributed by atoms with Crippen molar-refractivity contribution < 1.29 is 24.5 Å². The van der Waals surface area contributed by atoms with Crippen LogP contribution >= 0.6 is 0 Å². The van der Waals surface area contributed by atoms with E-state index in [4.69, 9.17) is 19.7 Å². The molecule has 2 N–H and O–H groups in total. The SMILES string of the molecule is CCCCCCCCCCCCCCCC(=O)O.Oc1ccc2c(c1)OCO2. The molecule has 0 aliphatic carbocycles. The Morgan fingerprint density at radius 2 is 1.32 bits per heavy atom. The van der Waals surface area contributed by atoms with E-state index in [9.17, 15) is 4.79 Å². The summed E-state index contributed by atoms with van der Waals surface area (Å²) in [6, 6.07) is 4.77. The number of carboxylic acids is 1. The largest absolute Gasteiger partial charge is 0.508 e. The highest BCUT2D eigenvalue weighted by Gasteiger charge is 2.12. The van der Waals surface area contributed by atoms with Crippen LogP contribution in [0.15, 0.2) is 18.2 Å². The van der Waals surface area contributed by atoms with E-state index < -0.39 is 5.97 Å². The summed E-state index contributed by atoms with van der Waals surface area (Å²) in [5.74, 6) is 0.847. The van der Waals surface area contributed by atoms with E-state index >= 15 is 0 Å². The number of benzene rings is 1. The van der Waals surface area contributed by atoms with Crippen LogP contribution < -0.4 is 9.47 Å². The normalized spacial score (nSPS) is 11.8. The first-order valence-corrected chi connectivity index (χ1v) is 10.9. The van der Waals surface area contributed by atoms with Crippen LogP contribution in [0.5, 0.6) is 17.2 Å². The van der Waals surface area contributed by atoms with E-state index in [0.717, 1.165) is 12.8 Å². The van der Waals surface area contributed by atoms with Gasteiger partial charge in [0.25, 0.3) is 0 Å². The highest BCUT2D eigenvalue weighted by Crippen LogP contribution is 2.34. The number of ether oxygens (including phenoxy) is 2. The molecule has 5 nitrogen and oxygen atoms in total. The molecule has 1 aromatic carbocycles. The first-order chi connectivity index (χ1) is 13.6. The first kappa shape index (κ1) is 24.1. The smallest absolute Gasteiger partial charge is 0.303 e. The third-order valence-electron chi connectivity index (χ3n) is 4.85. The van der Waals surface area contributed by atoms with Crippen molar-refractivity contribution in [1.82, 2.24) is 0 Å². The average molecular weight is 395 g/mol. The molecular weight excluding hydrogens is 356 g/mol. The minimum Gasteiger partial charge on any atom is -0.508 e. The van der Waals surface area contributed by atoms with Crippen molar-refractivity contribution in [3.05, 3.63) is 18.2 Å². The predicted molar refractivity (Wildman–Crippen MR) is 112 cm³/mol. The topological polar surface area (TPSA) is 76.0 Å². The van der Waals surface area contributed by atoms with Crippen LogP contribution in [0.4, 0.5) is 0 Å². The Morgan fingerprint density at radius 1 is 0.821 bits per heavy atom. The molecule has 0 fully saturated rings. The molecule has 160 valence electrons. The molecule has 1 aliphatic rings. The molecule has 1 heterocycles. The second kappa shape index (κ2) is 16.1. The molecular formula is C23H38O5. The molecule has 0 saturated carbocycles. The number of fused-ring (bicyclic) bond motifs is 1. The number of aromatic hydroxyl groups is 1. The van der Waals surface area contributed by atoms with E-state index in [2.05, 4.69) is 6.92 Å². The van der Waals surface area contributed by atoms with Crippen LogP contribution in [0.1, 0.15) is 96.8 Å². The van der Waals surface area contributed by atoms with Gasteiger partial charge in [-0.1, -0.05) is 84.0 Å². The Kier molecular flexibility index (Phi) is 13.9. The first-order valence-electron chi connectivity index (χ1n) is 10.9. The maximum atomic E-state index is 10.3. The lowest BCUT2D eigenvalue weighted by atomic mass is 10.0. The summed E-state index contributed by atoms with van der Waals surface area (Å²) in [5.41, 5.74) is 0. The lowest BCUT2D eigenvalue weighted by molar-refractivity contribution is -0.137. The quantitative estimate of drug-likeness (QED) is 0.344.